The highest BCUT2D eigenvalue weighted by atomic mass is 16.4. The molecule has 0 aromatic heterocycles. The van der Waals surface area contributed by atoms with E-state index >= 15 is 9.59 Å². The van der Waals surface area contributed by atoms with Crippen molar-refractivity contribution in [3.8, 4) is 33.4 Å². The fourth-order valence-electron chi connectivity index (χ4n) is 19.1. The molecule has 10 rings (SSSR count). The molecule has 6 aromatic carbocycles. The lowest BCUT2D eigenvalue weighted by Gasteiger charge is -2.37. The Morgan fingerprint density at radius 3 is 1.15 bits per heavy atom. The maximum atomic E-state index is 15.0. The molecule has 4 fully saturated rings. The minimum atomic E-state index is -1.48. The number of anilines is 2. The number of nitrogens with two attached hydrogens (primary N) is 2. The van der Waals surface area contributed by atoms with Crippen molar-refractivity contribution < 1.29 is 86.9 Å². The molecule has 36 heteroatoms. The zero-order valence-electron chi connectivity index (χ0n) is 85.9. The lowest BCUT2D eigenvalue weighted by Crippen LogP contribution is -2.62. The molecule has 4 saturated heterocycles. The summed E-state index contributed by atoms with van der Waals surface area (Å²) in [6.07, 6.45) is 1.39. The summed E-state index contributed by atoms with van der Waals surface area (Å²) < 4.78 is 0. The zero-order chi connectivity index (χ0) is 105. The van der Waals surface area contributed by atoms with Crippen LogP contribution in [-0.4, -0.2) is 255 Å². The monoisotopic (exact) mass is 1990 g/mol. The van der Waals surface area contributed by atoms with Crippen molar-refractivity contribution in [2.75, 3.05) is 75.2 Å². The van der Waals surface area contributed by atoms with Crippen molar-refractivity contribution in [1.29, 1.82) is 0 Å². The highest BCUT2D eigenvalue weighted by molar-refractivity contribution is 6.07. The number of amides is 14. The molecule has 4 aliphatic heterocycles. The van der Waals surface area contributed by atoms with E-state index in [0.29, 0.717) is 148 Å². The minimum absolute atomic E-state index is 0.0219. The number of carbonyl (C=O) groups is 16. The molecule has 0 radical (unpaired) electrons. The second kappa shape index (κ2) is 51.5. The SMILES string of the molecule is CC[C@H](C)CC(=O)NC(C)[C@@H](C(=O)NC(C)(C)C)N1CCC[C@H]1C(=O)NCc1cc(C(=O)N[C@H](CC(=O)N[C@@H](CC(=O)O)C(N)=O)CC(C)C)ccc1-c1ccc(N2CCN(C(=O)c3ccccc3-c3ccccc3C(=O)N3CCN(c4ccc(-c5ccc(C(=O)N[C@H](CC(=O)N[C@@H](CC(=O)O)C(N)=O)CC(C)C)cc5CNC(=O)[C@@H]5CCCN5[C@@H](NC(=O)C[C@@H](C)CC)C(=O)NC(C)(C)C)cc4)CC3)CC2)cc1. The number of aliphatic carboxylic acids is 2. The summed E-state index contributed by atoms with van der Waals surface area (Å²) >= 11 is 0. The van der Waals surface area contributed by atoms with Crippen LogP contribution >= 0.6 is 0 Å². The van der Waals surface area contributed by atoms with Crippen LogP contribution in [-0.2, 0) is 70.6 Å². The summed E-state index contributed by atoms with van der Waals surface area (Å²) in [7, 11) is 0. The van der Waals surface area contributed by atoms with E-state index in [4.69, 9.17) is 11.5 Å². The van der Waals surface area contributed by atoms with Crippen LogP contribution < -0.4 is 74.4 Å². The van der Waals surface area contributed by atoms with Crippen LogP contribution in [0, 0.1) is 23.7 Å². The number of piperazine rings is 2. The molecule has 4 heterocycles. The predicted octanol–water partition coefficient (Wildman–Crippen LogP) is 8.75. The van der Waals surface area contributed by atoms with Gasteiger partial charge in [-0.1, -0.05) is 141 Å². The smallest absolute Gasteiger partial charge is 0.305 e. The minimum Gasteiger partial charge on any atom is -0.481 e. The van der Waals surface area contributed by atoms with E-state index in [9.17, 15) is 77.3 Å². The van der Waals surface area contributed by atoms with Crippen LogP contribution in [0.3, 0.4) is 0 Å². The molecular weight excluding hydrogens is 1840 g/mol. The first kappa shape index (κ1) is 112. The number of primary amides is 2. The molecule has 1 unspecified atom stereocenters. The van der Waals surface area contributed by atoms with E-state index in [0.717, 1.165) is 35.3 Å². The fourth-order valence-corrected chi connectivity index (χ4v) is 19.1. The third kappa shape index (κ3) is 32.2. The standard InChI is InChI=1S/C108H148N18O18/c1-16-66(7)54-89(127)113-68(9)95(103(141)119-107(10,11)12)125-42-22-28-87(125)101(139)111-62-73-56-71(99(137)114-75(52-64(3)4)58-91(129)116-85(96(109)135)60-93(131)132)34-40-79(73)69-30-36-77(37-31-69)121-44-48-123(49-45-121)105(143)83-26-20-18-24-81(83)82-25-19-21-27-84(82)106(144)124-50-46-122(47-51-124)78-38-32-70(33-39-78)80-41-35-72(100(138)115-76(53-65(5)6)59-92(130)117-86(97(110)136)61-94(133)134)57-74(80)63-112-102(140)88-29-23-43-126(88)98(104(142)120-108(13,14)15)118-90(128)55-67(8)17-2/h18-21,24-27,30-41,56-57,64-68,75-76,85-88,95,98H,16-17,22-23,28-29,42-55,58-63H2,1-15H3,(H2,109,135)(H2,110,136)(H,111,139)(H,112,140)(H,113,127)(H,114,137)(H,115,138)(H,116,129)(H,117,130)(H,118,128)(H,119,141)(H,120,142)(H,131,132)(H,133,134)/t66-,67-,68?,75-,76-,85-,86-,87-,88-,95-,98+/m0/s1. The van der Waals surface area contributed by atoms with Gasteiger partial charge in [0.2, 0.25) is 53.2 Å². The average Bonchev–Trinajstić information content (AvgIpc) is 1.17. The van der Waals surface area contributed by atoms with Gasteiger partial charge in [-0.15, -0.1) is 0 Å². The Labute approximate surface area is 844 Å². The van der Waals surface area contributed by atoms with Crippen molar-refractivity contribution in [2.45, 2.75) is 272 Å². The van der Waals surface area contributed by atoms with Crippen molar-refractivity contribution in [1.82, 2.24) is 72.8 Å². The topological polar surface area (TPSA) is 505 Å². The van der Waals surface area contributed by atoms with Crippen LogP contribution in [0.25, 0.3) is 33.4 Å². The van der Waals surface area contributed by atoms with Gasteiger partial charge < -0.3 is 94.4 Å². The van der Waals surface area contributed by atoms with E-state index in [1.54, 1.807) is 66.4 Å². The van der Waals surface area contributed by atoms with Crippen molar-refractivity contribution >= 4 is 106 Å². The van der Waals surface area contributed by atoms with Gasteiger partial charge in [-0.3, -0.25) is 86.5 Å². The van der Waals surface area contributed by atoms with E-state index in [1.165, 1.54) is 0 Å². The highest BCUT2D eigenvalue weighted by Crippen LogP contribution is 2.36. The zero-order valence-corrected chi connectivity index (χ0v) is 85.9. The van der Waals surface area contributed by atoms with Gasteiger partial charge in [0, 0.05) is 154 Å². The quantitative estimate of drug-likeness (QED) is 0.0170. The fraction of sp³-hybridized carbons (Fsp3) is 0.519. The second-order valence-corrected chi connectivity index (χ2v) is 41.6. The van der Waals surface area contributed by atoms with Gasteiger partial charge in [0.25, 0.3) is 29.5 Å². The number of carboxylic acid groups (broad SMARTS) is 2. The molecule has 0 spiro atoms. The number of carboxylic acids is 2. The molecule has 11 atom stereocenters. The number of carbonyl (C=O) groups excluding carboxylic acids is 14. The van der Waals surface area contributed by atoms with E-state index in [-0.39, 0.29) is 109 Å². The Hall–Kier alpha value is -13.6. The van der Waals surface area contributed by atoms with Gasteiger partial charge in [-0.05, 0) is 222 Å². The lowest BCUT2D eigenvalue weighted by molar-refractivity contribution is -0.140. The summed E-state index contributed by atoms with van der Waals surface area (Å²) in [5.74, 6) is -9.61. The Balaban J connectivity index is 0.829. The highest BCUT2D eigenvalue weighted by Gasteiger charge is 2.45. The first-order valence-corrected chi connectivity index (χ1v) is 50.4. The van der Waals surface area contributed by atoms with Crippen molar-refractivity contribution in [2.24, 2.45) is 35.1 Å². The molecule has 144 heavy (non-hydrogen) atoms. The summed E-state index contributed by atoms with van der Waals surface area (Å²) in [5.41, 5.74) is 17.7. The molecule has 778 valence electrons. The maximum Gasteiger partial charge on any atom is 0.305 e. The second-order valence-electron chi connectivity index (χ2n) is 41.6. The first-order chi connectivity index (χ1) is 68.1. The van der Waals surface area contributed by atoms with Crippen LogP contribution in [0.2, 0.25) is 0 Å². The van der Waals surface area contributed by atoms with E-state index < -0.39 is 138 Å². The van der Waals surface area contributed by atoms with Crippen LogP contribution in [0.5, 0.6) is 0 Å². The number of hydrogen-bond acceptors (Lipinski definition) is 20. The molecule has 0 bridgehead atoms. The summed E-state index contributed by atoms with van der Waals surface area (Å²) in [6.45, 7) is 32.3. The number of rotatable bonds is 46. The lowest BCUT2D eigenvalue weighted by atomic mass is 9.93. The summed E-state index contributed by atoms with van der Waals surface area (Å²) in [5, 5.41) is 47.8. The van der Waals surface area contributed by atoms with Gasteiger partial charge in [0.1, 0.15) is 18.1 Å². The summed E-state index contributed by atoms with van der Waals surface area (Å²) in [4.78, 5) is 230. The first-order valence-electron chi connectivity index (χ1n) is 50.4. The summed E-state index contributed by atoms with van der Waals surface area (Å²) in [6, 6.07) is 32.7. The van der Waals surface area contributed by atoms with Gasteiger partial charge >= 0.3 is 11.9 Å². The Bertz CT molecular complexity index is 5580. The average molecular weight is 1990 g/mol. The normalized spacial score (nSPS) is 17.1. The van der Waals surface area contributed by atoms with Crippen molar-refractivity contribution in [3.05, 3.63) is 167 Å². The van der Waals surface area contributed by atoms with Gasteiger partial charge in [0.15, 0.2) is 6.17 Å². The van der Waals surface area contributed by atoms with Crippen LogP contribution in [0.4, 0.5) is 11.4 Å². The molecule has 6 aromatic rings. The van der Waals surface area contributed by atoms with Gasteiger partial charge in [-0.25, -0.2) is 0 Å². The predicted molar refractivity (Wildman–Crippen MR) is 550 cm³/mol. The molecule has 0 aliphatic carbocycles. The molecule has 4 aliphatic rings. The van der Waals surface area contributed by atoms with E-state index in [1.807, 2.05) is 190 Å². The molecule has 36 nitrogen and oxygen atoms in total. The molecule has 14 amide bonds. The maximum absolute atomic E-state index is 15.0. The van der Waals surface area contributed by atoms with Gasteiger partial charge in [-0.2, -0.15) is 0 Å². The largest absolute Gasteiger partial charge is 0.481 e. The molecule has 0 saturated carbocycles. The third-order valence-electron chi connectivity index (χ3n) is 26.6. The number of benzene rings is 6. The molecule has 16 N–H and O–H groups in total. The van der Waals surface area contributed by atoms with Crippen molar-refractivity contribution in [3.63, 3.8) is 0 Å². The Morgan fingerprint density at radius 1 is 0.403 bits per heavy atom. The third-order valence-corrected chi connectivity index (χ3v) is 26.6. The number of nitrogens with one attached hydrogen (secondary N) is 10. The van der Waals surface area contributed by atoms with Gasteiger partial charge in [0.05, 0.1) is 31.0 Å². The van der Waals surface area contributed by atoms with E-state index in [2.05, 4.69) is 63.0 Å². The number of hydrogen-bond donors (Lipinski definition) is 14. The number of nitrogens with zero attached hydrogens (tertiary/aromatic N) is 6. The Morgan fingerprint density at radius 2 is 0.771 bits per heavy atom. The van der Waals surface area contributed by atoms with Crippen LogP contribution in [0.1, 0.15) is 246 Å². The van der Waals surface area contributed by atoms with Crippen LogP contribution in [0.15, 0.2) is 133 Å². The number of likely N-dealkylation sites (tertiary alicyclic amines) is 2. The molecular formula is C108H148N18O18. The Kier molecular flexibility index (Phi) is 40.2.